The molecule has 7 heteroatoms. The molecule has 2 rings (SSSR count). The van der Waals surface area contributed by atoms with Gasteiger partial charge >= 0.3 is 0 Å². The van der Waals surface area contributed by atoms with Crippen LogP contribution in [0.2, 0.25) is 10.0 Å². The van der Waals surface area contributed by atoms with Gasteiger partial charge in [-0.05, 0) is 24.3 Å². The molecule has 0 bridgehead atoms. The number of ether oxygens (including phenoxy) is 1. The Hall–Kier alpha value is -2.24. The number of methoxy groups -OCH3 is 1. The summed E-state index contributed by atoms with van der Waals surface area (Å²) in [5.41, 5.74) is 5.52. The van der Waals surface area contributed by atoms with Crippen molar-refractivity contribution in [2.75, 3.05) is 7.11 Å². The third-order valence-electron chi connectivity index (χ3n) is 3.03. The molecule has 120 valence electrons. The lowest BCUT2D eigenvalue weighted by atomic mass is 10.1. The van der Waals surface area contributed by atoms with Crippen LogP contribution in [0.1, 0.15) is 15.9 Å². The third-order valence-corrected chi connectivity index (χ3v) is 3.60. The number of carbonyl (C=O) groups excluding carboxylic acids is 2. The zero-order valence-electron chi connectivity index (χ0n) is 12.2. The van der Waals surface area contributed by atoms with Gasteiger partial charge in [-0.25, -0.2) is 0 Å². The van der Waals surface area contributed by atoms with E-state index in [1.807, 2.05) is 6.07 Å². The van der Waals surface area contributed by atoms with Gasteiger partial charge in [0.2, 0.25) is 5.91 Å². The molecule has 0 fully saturated rings. The van der Waals surface area contributed by atoms with Crippen molar-refractivity contribution >= 4 is 35.0 Å². The van der Waals surface area contributed by atoms with Crippen LogP contribution in [0.5, 0.6) is 5.75 Å². The van der Waals surface area contributed by atoms with Crippen molar-refractivity contribution in [3.8, 4) is 5.75 Å². The van der Waals surface area contributed by atoms with Crippen LogP contribution in [0.4, 0.5) is 0 Å². The Morgan fingerprint density at radius 2 is 1.83 bits per heavy atom. The molecule has 2 amide bonds. The van der Waals surface area contributed by atoms with Crippen molar-refractivity contribution in [3.63, 3.8) is 0 Å². The lowest BCUT2D eigenvalue weighted by Gasteiger charge is -2.10. The maximum Gasteiger partial charge on any atom is 0.271 e. The molecule has 0 aliphatic heterocycles. The number of nitrogens with one attached hydrogen (secondary N) is 2. The number of benzene rings is 2. The second-order valence-electron chi connectivity index (χ2n) is 4.62. The molecule has 0 spiro atoms. The second kappa shape index (κ2) is 7.85. The fraction of sp³-hybridized carbons (Fsp3) is 0.125. The normalized spacial score (nSPS) is 10.0. The molecular weight excluding hydrogens is 339 g/mol. The van der Waals surface area contributed by atoms with Crippen LogP contribution in [0.15, 0.2) is 42.5 Å². The van der Waals surface area contributed by atoms with Crippen LogP contribution in [-0.2, 0) is 11.2 Å². The standard InChI is InChI=1S/C16H14Cl2N2O3/c1-23-14-5-3-2-4-10(14)8-15(21)19-20-16(22)12-9-11(17)6-7-13(12)18/h2-7,9H,8H2,1H3,(H,19,21)(H,20,22). The van der Waals surface area contributed by atoms with E-state index in [1.165, 1.54) is 19.2 Å². The van der Waals surface area contributed by atoms with E-state index < -0.39 is 5.91 Å². The molecule has 0 aromatic heterocycles. The molecule has 2 N–H and O–H groups in total. The van der Waals surface area contributed by atoms with Gasteiger partial charge in [0.1, 0.15) is 5.75 Å². The molecule has 0 unspecified atom stereocenters. The van der Waals surface area contributed by atoms with Crippen LogP contribution >= 0.6 is 23.2 Å². The average Bonchev–Trinajstić information content (AvgIpc) is 2.55. The van der Waals surface area contributed by atoms with Crippen LogP contribution in [-0.4, -0.2) is 18.9 Å². The zero-order chi connectivity index (χ0) is 16.8. The van der Waals surface area contributed by atoms with Gasteiger partial charge in [0.25, 0.3) is 5.91 Å². The number of para-hydroxylation sites is 1. The van der Waals surface area contributed by atoms with E-state index >= 15 is 0 Å². The van der Waals surface area contributed by atoms with Crippen molar-refractivity contribution in [2.24, 2.45) is 0 Å². The molecule has 0 aliphatic rings. The van der Waals surface area contributed by atoms with Gasteiger partial charge in [-0.1, -0.05) is 41.4 Å². The predicted octanol–water partition coefficient (Wildman–Crippen LogP) is 3.01. The number of carbonyl (C=O) groups is 2. The fourth-order valence-corrected chi connectivity index (χ4v) is 2.31. The third kappa shape index (κ3) is 4.61. The van der Waals surface area contributed by atoms with E-state index in [4.69, 9.17) is 27.9 Å². The Morgan fingerprint density at radius 3 is 2.57 bits per heavy atom. The van der Waals surface area contributed by atoms with Gasteiger partial charge < -0.3 is 4.74 Å². The molecule has 0 heterocycles. The first-order valence-electron chi connectivity index (χ1n) is 6.67. The summed E-state index contributed by atoms with van der Waals surface area (Å²) in [6.45, 7) is 0. The molecule has 0 aliphatic carbocycles. The molecule has 0 saturated carbocycles. The summed E-state index contributed by atoms with van der Waals surface area (Å²) in [5.74, 6) is -0.335. The molecule has 0 saturated heterocycles. The van der Waals surface area contributed by atoms with E-state index in [1.54, 1.807) is 24.3 Å². The first-order valence-corrected chi connectivity index (χ1v) is 7.43. The number of amides is 2. The molecule has 5 nitrogen and oxygen atoms in total. The van der Waals surface area contributed by atoms with Crippen molar-refractivity contribution in [3.05, 3.63) is 63.6 Å². The van der Waals surface area contributed by atoms with Gasteiger partial charge in [0.15, 0.2) is 0 Å². The molecule has 2 aromatic rings. The highest BCUT2D eigenvalue weighted by Gasteiger charge is 2.13. The van der Waals surface area contributed by atoms with Crippen molar-refractivity contribution in [1.82, 2.24) is 10.9 Å². The highest BCUT2D eigenvalue weighted by Crippen LogP contribution is 2.20. The maximum atomic E-state index is 12.0. The van der Waals surface area contributed by atoms with E-state index in [0.717, 1.165) is 0 Å². The van der Waals surface area contributed by atoms with Gasteiger partial charge in [-0.2, -0.15) is 0 Å². The van der Waals surface area contributed by atoms with Crippen molar-refractivity contribution in [2.45, 2.75) is 6.42 Å². The summed E-state index contributed by atoms with van der Waals surface area (Å²) in [6.07, 6.45) is 0.0631. The predicted molar refractivity (Wildman–Crippen MR) is 88.8 cm³/mol. The summed E-state index contributed by atoms with van der Waals surface area (Å²) in [4.78, 5) is 23.9. The van der Waals surface area contributed by atoms with Gasteiger partial charge in [-0.15, -0.1) is 0 Å². The second-order valence-corrected chi connectivity index (χ2v) is 5.46. The minimum atomic E-state index is -0.550. The van der Waals surface area contributed by atoms with Crippen molar-refractivity contribution < 1.29 is 14.3 Å². The summed E-state index contributed by atoms with van der Waals surface area (Å²) >= 11 is 11.8. The van der Waals surface area contributed by atoms with Crippen LogP contribution in [0.3, 0.4) is 0 Å². The smallest absolute Gasteiger partial charge is 0.271 e. The van der Waals surface area contributed by atoms with Gasteiger partial charge in [0.05, 0.1) is 24.1 Å². The lowest BCUT2D eigenvalue weighted by Crippen LogP contribution is -2.42. The van der Waals surface area contributed by atoms with Crippen LogP contribution in [0, 0.1) is 0 Å². The minimum absolute atomic E-state index is 0.0631. The van der Waals surface area contributed by atoms with E-state index in [-0.39, 0.29) is 22.9 Å². The van der Waals surface area contributed by atoms with Gasteiger partial charge in [0, 0.05) is 10.6 Å². The molecule has 0 atom stereocenters. The van der Waals surface area contributed by atoms with E-state index in [2.05, 4.69) is 10.9 Å². The number of hydrazine groups is 1. The highest BCUT2D eigenvalue weighted by atomic mass is 35.5. The Morgan fingerprint density at radius 1 is 1.09 bits per heavy atom. The Kier molecular flexibility index (Phi) is 5.84. The summed E-state index contributed by atoms with van der Waals surface area (Å²) < 4.78 is 5.17. The summed E-state index contributed by atoms with van der Waals surface area (Å²) in [6, 6.07) is 11.6. The largest absolute Gasteiger partial charge is 0.496 e. The van der Waals surface area contributed by atoms with Crippen LogP contribution in [0.25, 0.3) is 0 Å². The fourth-order valence-electron chi connectivity index (χ4n) is 1.93. The molecule has 0 radical (unpaired) electrons. The zero-order valence-corrected chi connectivity index (χ0v) is 13.7. The highest BCUT2D eigenvalue weighted by molar-refractivity contribution is 6.35. The molecular formula is C16H14Cl2N2O3. The maximum absolute atomic E-state index is 12.0. The molecule has 23 heavy (non-hydrogen) atoms. The Bertz CT molecular complexity index is 735. The van der Waals surface area contributed by atoms with E-state index in [0.29, 0.717) is 16.3 Å². The van der Waals surface area contributed by atoms with E-state index in [9.17, 15) is 9.59 Å². The number of hydrogen-bond acceptors (Lipinski definition) is 3. The summed E-state index contributed by atoms with van der Waals surface area (Å²) in [7, 11) is 1.53. The average molecular weight is 353 g/mol. The first kappa shape index (κ1) is 17.1. The monoisotopic (exact) mass is 352 g/mol. The topological polar surface area (TPSA) is 67.4 Å². The Labute approximate surface area is 143 Å². The minimum Gasteiger partial charge on any atom is -0.496 e. The lowest BCUT2D eigenvalue weighted by molar-refractivity contribution is -0.121. The number of halogens is 2. The molecule has 2 aromatic carbocycles. The first-order chi connectivity index (χ1) is 11.0. The quantitative estimate of drug-likeness (QED) is 0.831. The van der Waals surface area contributed by atoms with Gasteiger partial charge in [-0.3, -0.25) is 20.4 Å². The SMILES string of the molecule is COc1ccccc1CC(=O)NNC(=O)c1cc(Cl)ccc1Cl. The van der Waals surface area contributed by atoms with Crippen molar-refractivity contribution in [1.29, 1.82) is 0 Å². The Balaban J connectivity index is 1.96. The number of rotatable bonds is 4. The number of hydrogen-bond donors (Lipinski definition) is 2. The van der Waals surface area contributed by atoms with Crippen LogP contribution < -0.4 is 15.6 Å². The summed E-state index contributed by atoms with van der Waals surface area (Å²) in [5, 5.41) is 0.616.